The number of piperidine rings is 1. The van der Waals surface area contributed by atoms with Crippen LogP contribution in [0.15, 0.2) is 30.3 Å². The lowest BCUT2D eigenvalue weighted by Crippen LogP contribution is -2.35. The summed E-state index contributed by atoms with van der Waals surface area (Å²) in [6.07, 6.45) is 2.48. The SMILES string of the molecule is COc1ccc(N2Cc3cc(Cl)c(Cl)cc3C2=O)cc1OCCN1CCC(C)CC1. The van der Waals surface area contributed by atoms with Gasteiger partial charge in [0.05, 0.1) is 23.7 Å². The summed E-state index contributed by atoms with van der Waals surface area (Å²) in [5.74, 6) is 2.01. The summed E-state index contributed by atoms with van der Waals surface area (Å²) >= 11 is 12.2. The molecule has 0 radical (unpaired) electrons. The number of nitrogens with zero attached hydrogens (tertiary/aromatic N) is 2. The number of fused-ring (bicyclic) bond motifs is 1. The van der Waals surface area contributed by atoms with Crippen LogP contribution in [0.5, 0.6) is 11.5 Å². The predicted octanol–water partition coefficient (Wildman–Crippen LogP) is 5.27. The molecule has 0 aliphatic carbocycles. The summed E-state index contributed by atoms with van der Waals surface area (Å²) < 4.78 is 11.5. The first-order valence-electron chi connectivity index (χ1n) is 10.3. The van der Waals surface area contributed by atoms with E-state index in [-0.39, 0.29) is 5.91 Å². The number of methoxy groups -OCH3 is 1. The Labute approximate surface area is 187 Å². The third-order valence-corrected chi connectivity index (χ3v) is 6.67. The molecule has 2 heterocycles. The Morgan fingerprint density at radius 3 is 2.53 bits per heavy atom. The van der Waals surface area contributed by atoms with Crippen molar-refractivity contribution in [1.29, 1.82) is 0 Å². The summed E-state index contributed by atoms with van der Waals surface area (Å²) in [6, 6.07) is 8.97. The van der Waals surface area contributed by atoms with Crippen molar-refractivity contribution in [3.8, 4) is 11.5 Å². The molecule has 0 unspecified atom stereocenters. The molecule has 1 saturated heterocycles. The van der Waals surface area contributed by atoms with E-state index in [2.05, 4.69) is 11.8 Å². The highest BCUT2D eigenvalue weighted by molar-refractivity contribution is 6.42. The van der Waals surface area contributed by atoms with E-state index in [1.54, 1.807) is 24.1 Å². The van der Waals surface area contributed by atoms with Crippen LogP contribution in [0.25, 0.3) is 0 Å². The van der Waals surface area contributed by atoms with Crippen LogP contribution in [0.3, 0.4) is 0 Å². The minimum absolute atomic E-state index is 0.0953. The van der Waals surface area contributed by atoms with E-state index < -0.39 is 0 Å². The maximum atomic E-state index is 12.9. The molecule has 1 fully saturated rings. The number of likely N-dealkylation sites (tertiary alicyclic amines) is 1. The van der Waals surface area contributed by atoms with Gasteiger partial charge in [-0.2, -0.15) is 0 Å². The average Bonchev–Trinajstić information content (AvgIpc) is 3.05. The summed E-state index contributed by atoms with van der Waals surface area (Å²) in [5, 5.41) is 0.840. The quantitative estimate of drug-likeness (QED) is 0.603. The zero-order valence-corrected chi connectivity index (χ0v) is 18.8. The van der Waals surface area contributed by atoms with Crippen LogP contribution in [0.4, 0.5) is 5.69 Å². The maximum absolute atomic E-state index is 12.9. The highest BCUT2D eigenvalue weighted by atomic mass is 35.5. The van der Waals surface area contributed by atoms with Crippen molar-refractivity contribution >= 4 is 34.8 Å². The molecule has 0 bridgehead atoms. The molecule has 160 valence electrons. The van der Waals surface area contributed by atoms with E-state index in [0.717, 1.165) is 36.8 Å². The van der Waals surface area contributed by atoms with Crippen molar-refractivity contribution < 1.29 is 14.3 Å². The smallest absolute Gasteiger partial charge is 0.258 e. The summed E-state index contributed by atoms with van der Waals surface area (Å²) in [7, 11) is 1.62. The second-order valence-electron chi connectivity index (χ2n) is 8.02. The van der Waals surface area contributed by atoms with Gasteiger partial charge in [0.2, 0.25) is 0 Å². The number of rotatable bonds is 6. The Hall–Kier alpha value is -1.95. The van der Waals surface area contributed by atoms with Gasteiger partial charge in [0.25, 0.3) is 5.91 Å². The molecular weight excluding hydrogens is 423 g/mol. The minimum atomic E-state index is -0.0953. The molecule has 0 atom stereocenters. The molecule has 0 aromatic heterocycles. The first-order valence-corrected chi connectivity index (χ1v) is 11.0. The standard InChI is InChI=1S/C23H26Cl2N2O3/c1-15-5-7-26(8-6-15)9-10-30-22-12-17(3-4-21(22)29-2)27-14-16-11-19(24)20(25)13-18(16)23(27)28/h3-4,11-13,15H,5-10,14H2,1-2H3. The molecule has 2 aromatic rings. The zero-order valence-electron chi connectivity index (χ0n) is 17.3. The van der Waals surface area contributed by atoms with Crippen LogP contribution < -0.4 is 14.4 Å². The van der Waals surface area contributed by atoms with Gasteiger partial charge in [0.15, 0.2) is 11.5 Å². The van der Waals surface area contributed by atoms with Gasteiger partial charge in [-0.1, -0.05) is 30.1 Å². The second kappa shape index (κ2) is 9.04. The number of hydrogen-bond acceptors (Lipinski definition) is 4. The van der Waals surface area contributed by atoms with Gasteiger partial charge >= 0.3 is 0 Å². The fourth-order valence-electron chi connectivity index (χ4n) is 4.03. The van der Waals surface area contributed by atoms with Gasteiger partial charge in [-0.25, -0.2) is 0 Å². The fraction of sp³-hybridized carbons (Fsp3) is 0.435. The van der Waals surface area contributed by atoms with Gasteiger partial charge in [-0.3, -0.25) is 9.69 Å². The molecule has 7 heteroatoms. The number of anilines is 1. The van der Waals surface area contributed by atoms with Crippen LogP contribution in [-0.4, -0.2) is 44.2 Å². The zero-order chi connectivity index (χ0) is 21.3. The Bertz CT molecular complexity index is 942. The van der Waals surface area contributed by atoms with Crippen molar-refractivity contribution in [3.05, 3.63) is 51.5 Å². The van der Waals surface area contributed by atoms with Gasteiger partial charge in [-0.15, -0.1) is 0 Å². The van der Waals surface area contributed by atoms with Gasteiger partial charge < -0.3 is 14.4 Å². The number of hydrogen-bond donors (Lipinski definition) is 0. The third-order valence-electron chi connectivity index (χ3n) is 5.95. The van der Waals surface area contributed by atoms with Crippen molar-refractivity contribution in [2.24, 2.45) is 5.92 Å². The normalized spacial score (nSPS) is 17.3. The first kappa shape index (κ1) is 21.3. The number of carbonyl (C=O) groups excluding carboxylic acids is 1. The van der Waals surface area contributed by atoms with Crippen molar-refractivity contribution in [2.75, 3.05) is 38.3 Å². The van der Waals surface area contributed by atoms with E-state index in [4.69, 9.17) is 32.7 Å². The topological polar surface area (TPSA) is 42.0 Å². The molecule has 0 saturated carbocycles. The number of halogens is 2. The van der Waals surface area contributed by atoms with E-state index in [1.165, 1.54) is 12.8 Å². The van der Waals surface area contributed by atoms with E-state index in [9.17, 15) is 4.79 Å². The molecule has 5 nitrogen and oxygen atoms in total. The summed E-state index contributed by atoms with van der Waals surface area (Å²) in [6.45, 7) is 6.45. The molecule has 1 amide bonds. The summed E-state index contributed by atoms with van der Waals surface area (Å²) in [5.41, 5.74) is 2.21. The summed E-state index contributed by atoms with van der Waals surface area (Å²) in [4.78, 5) is 17.1. The van der Waals surface area contributed by atoms with Crippen LogP contribution in [0, 0.1) is 5.92 Å². The molecule has 2 aliphatic rings. The lowest BCUT2D eigenvalue weighted by Gasteiger charge is -2.30. The molecule has 2 aliphatic heterocycles. The van der Waals surface area contributed by atoms with Crippen molar-refractivity contribution in [1.82, 2.24) is 4.90 Å². The van der Waals surface area contributed by atoms with Crippen molar-refractivity contribution in [2.45, 2.75) is 26.3 Å². The number of benzene rings is 2. The van der Waals surface area contributed by atoms with Crippen LogP contribution in [0.2, 0.25) is 10.0 Å². The van der Waals surface area contributed by atoms with E-state index in [1.807, 2.05) is 18.2 Å². The lowest BCUT2D eigenvalue weighted by molar-refractivity contribution is 0.0996. The Morgan fingerprint density at radius 2 is 1.80 bits per heavy atom. The average molecular weight is 449 g/mol. The molecule has 4 rings (SSSR count). The number of carbonyl (C=O) groups is 1. The maximum Gasteiger partial charge on any atom is 0.258 e. The fourth-order valence-corrected chi connectivity index (χ4v) is 4.38. The van der Waals surface area contributed by atoms with Crippen LogP contribution in [0.1, 0.15) is 35.7 Å². The number of ether oxygens (including phenoxy) is 2. The van der Waals surface area contributed by atoms with Crippen molar-refractivity contribution in [3.63, 3.8) is 0 Å². The molecule has 2 aromatic carbocycles. The largest absolute Gasteiger partial charge is 0.493 e. The Kier molecular flexibility index (Phi) is 6.42. The van der Waals surface area contributed by atoms with Gasteiger partial charge in [0.1, 0.15) is 6.61 Å². The van der Waals surface area contributed by atoms with E-state index in [0.29, 0.717) is 40.3 Å². The van der Waals surface area contributed by atoms with Crippen LogP contribution >= 0.6 is 23.2 Å². The molecule has 0 N–H and O–H groups in total. The first-order chi connectivity index (χ1) is 14.5. The molecule has 30 heavy (non-hydrogen) atoms. The second-order valence-corrected chi connectivity index (χ2v) is 8.84. The minimum Gasteiger partial charge on any atom is -0.493 e. The third kappa shape index (κ3) is 4.39. The van der Waals surface area contributed by atoms with E-state index >= 15 is 0 Å². The van der Waals surface area contributed by atoms with Crippen LogP contribution in [-0.2, 0) is 6.54 Å². The Morgan fingerprint density at radius 1 is 1.07 bits per heavy atom. The highest BCUT2D eigenvalue weighted by Gasteiger charge is 2.30. The van der Waals surface area contributed by atoms with Gasteiger partial charge in [0, 0.05) is 23.9 Å². The molecular formula is C23H26Cl2N2O3. The monoisotopic (exact) mass is 448 g/mol. The number of amides is 1. The van der Waals surface area contributed by atoms with Gasteiger partial charge in [-0.05, 0) is 61.7 Å². The predicted molar refractivity (Wildman–Crippen MR) is 120 cm³/mol. The highest BCUT2D eigenvalue weighted by Crippen LogP contribution is 2.37. The molecule has 0 spiro atoms. The Balaban J connectivity index is 1.47. The lowest BCUT2D eigenvalue weighted by atomic mass is 9.99.